The molecular weight excluding hydrogens is 306 g/mol. The monoisotopic (exact) mass is 335 g/mol. The normalized spacial score (nSPS) is 19.6. The molecule has 0 spiro atoms. The average molecular weight is 335 g/mol. The van der Waals surface area contributed by atoms with Crippen LogP contribution in [-0.4, -0.2) is 69.2 Å². The van der Waals surface area contributed by atoms with E-state index in [1.165, 1.54) is 0 Å². The lowest BCUT2D eigenvalue weighted by Crippen LogP contribution is -2.53. The van der Waals surface area contributed by atoms with Crippen LogP contribution in [0.25, 0.3) is 0 Å². The van der Waals surface area contributed by atoms with Crippen LogP contribution in [-0.2, 0) is 4.79 Å². The first-order chi connectivity index (χ1) is 11.5. The fraction of sp³-hybridized carbons (Fsp3) is 0.611. The molecule has 1 aliphatic rings. The summed E-state index contributed by atoms with van der Waals surface area (Å²) >= 11 is 0. The maximum Gasteiger partial charge on any atom is 0.244 e. The topological polar surface area (TPSA) is 54.0 Å². The molecule has 2 atom stereocenters. The van der Waals surface area contributed by atoms with Crippen molar-refractivity contribution in [3.05, 3.63) is 23.8 Å². The lowest BCUT2D eigenvalue weighted by Gasteiger charge is -2.38. The average Bonchev–Trinajstić information content (AvgIpc) is 2.56. The second-order valence-corrected chi connectivity index (χ2v) is 6.33. The summed E-state index contributed by atoms with van der Waals surface area (Å²) in [7, 11) is 5.22. The highest BCUT2D eigenvalue weighted by molar-refractivity contribution is 5.83. The number of nitrogens with zero attached hydrogens (tertiary/aromatic N) is 2. The Morgan fingerprint density at radius 2 is 2.17 bits per heavy atom. The molecule has 0 aliphatic carbocycles. The standard InChI is InChI=1S/C18H29N3O3/c1-6-24-15-8-7-14(11-16(15)23-5)17(18(22)20(3)4)21-10-9-19-13(2)12-21/h7-8,11,13,17,19H,6,9-10,12H2,1-5H3. The first kappa shape index (κ1) is 18.5. The molecule has 0 bridgehead atoms. The van der Waals surface area contributed by atoms with Gasteiger partial charge in [0.15, 0.2) is 11.5 Å². The number of likely N-dealkylation sites (N-methyl/N-ethyl adjacent to an activating group) is 1. The number of nitrogens with one attached hydrogen (secondary N) is 1. The molecule has 0 radical (unpaired) electrons. The van der Waals surface area contributed by atoms with Crippen LogP contribution in [0, 0.1) is 0 Å². The second-order valence-electron chi connectivity index (χ2n) is 6.33. The zero-order valence-corrected chi connectivity index (χ0v) is 15.3. The molecule has 0 aromatic heterocycles. The van der Waals surface area contributed by atoms with E-state index >= 15 is 0 Å². The van der Waals surface area contributed by atoms with Crippen LogP contribution in [0.1, 0.15) is 25.5 Å². The number of methoxy groups -OCH3 is 1. The predicted octanol–water partition coefficient (Wildman–Crippen LogP) is 1.52. The Bertz CT molecular complexity index is 562. The largest absolute Gasteiger partial charge is 0.493 e. The highest BCUT2D eigenvalue weighted by Gasteiger charge is 2.32. The minimum atomic E-state index is -0.311. The van der Waals surface area contributed by atoms with Crippen LogP contribution >= 0.6 is 0 Å². The van der Waals surface area contributed by atoms with E-state index in [0.29, 0.717) is 24.1 Å². The molecule has 24 heavy (non-hydrogen) atoms. The van der Waals surface area contributed by atoms with E-state index < -0.39 is 0 Å². The Hall–Kier alpha value is -1.79. The van der Waals surface area contributed by atoms with E-state index in [-0.39, 0.29) is 11.9 Å². The van der Waals surface area contributed by atoms with Crippen molar-refractivity contribution >= 4 is 5.91 Å². The van der Waals surface area contributed by atoms with Gasteiger partial charge in [0, 0.05) is 39.8 Å². The molecular formula is C18H29N3O3. The summed E-state index contributed by atoms with van der Waals surface area (Å²) in [5.41, 5.74) is 0.933. The Balaban J connectivity index is 2.37. The van der Waals surface area contributed by atoms with E-state index in [1.54, 1.807) is 26.1 Å². The van der Waals surface area contributed by atoms with Gasteiger partial charge in [-0.3, -0.25) is 9.69 Å². The quantitative estimate of drug-likeness (QED) is 0.854. The van der Waals surface area contributed by atoms with Crippen molar-refractivity contribution in [2.24, 2.45) is 0 Å². The fourth-order valence-corrected chi connectivity index (χ4v) is 3.08. The molecule has 2 rings (SSSR count). The van der Waals surface area contributed by atoms with Crippen LogP contribution in [0.2, 0.25) is 0 Å². The number of hydrogen-bond acceptors (Lipinski definition) is 5. The van der Waals surface area contributed by atoms with Crippen LogP contribution in [0.5, 0.6) is 11.5 Å². The highest BCUT2D eigenvalue weighted by atomic mass is 16.5. The molecule has 1 saturated heterocycles. The molecule has 0 saturated carbocycles. The smallest absolute Gasteiger partial charge is 0.244 e. The number of hydrogen-bond donors (Lipinski definition) is 1. The van der Waals surface area contributed by atoms with Crippen molar-refractivity contribution in [3.8, 4) is 11.5 Å². The van der Waals surface area contributed by atoms with E-state index in [9.17, 15) is 4.79 Å². The first-order valence-corrected chi connectivity index (χ1v) is 8.47. The lowest BCUT2D eigenvalue weighted by molar-refractivity contribution is -0.135. The van der Waals surface area contributed by atoms with Gasteiger partial charge < -0.3 is 19.7 Å². The molecule has 1 fully saturated rings. The van der Waals surface area contributed by atoms with Crippen LogP contribution in [0.3, 0.4) is 0 Å². The molecule has 6 heteroatoms. The Labute approximate surface area is 144 Å². The highest BCUT2D eigenvalue weighted by Crippen LogP contribution is 2.33. The van der Waals surface area contributed by atoms with Crippen LogP contribution in [0.4, 0.5) is 0 Å². The van der Waals surface area contributed by atoms with Gasteiger partial charge >= 0.3 is 0 Å². The van der Waals surface area contributed by atoms with E-state index in [0.717, 1.165) is 25.2 Å². The maximum atomic E-state index is 12.9. The van der Waals surface area contributed by atoms with Gasteiger partial charge in [0.1, 0.15) is 6.04 Å². The minimum Gasteiger partial charge on any atom is -0.493 e. The predicted molar refractivity (Wildman–Crippen MR) is 94.6 cm³/mol. The summed E-state index contributed by atoms with van der Waals surface area (Å²) in [4.78, 5) is 16.7. The van der Waals surface area contributed by atoms with Gasteiger partial charge in [-0.2, -0.15) is 0 Å². The van der Waals surface area contributed by atoms with Crippen molar-refractivity contribution < 1.29 is 14.3 Å². The zero-order chi connectivity index (χ0) is 17.7. The van der Waals surface area contributed by atoms with Gasteiger partial charge in [0.25, 0.3) is 0 Å². The van der Waals surface area contributed by atoms with Crippen LogP contribution in [0.15, 0.2) is 18.2 Å². The number of piperazine rings is 1. The van der Waals surface area contributed by atoms with Crippen molar-refractivity contribution in [2.75, 3.05) is 47.4 Å². The number of benzene rings is 1. The molecule has 2 unspecified atom stereocenters. The Morgan fingerprint density at radius 3 is 2.75 bits per heavy atom. The maximum absolute atomic E-state index is 12.9. The van der Waals surface area contributed by atoms with E-state index in [4.69, 9.17) is 9.47 Å². The minimum absolute atomic E-state index is 0.0790. The molecule has 1 heterocycles. The van der Waals surface area contributed by atoms with Crippen molar-refractivity contribution in [1.29, 1.82) is 0 Å². The summed E-state index contributed by atoms with van der Waals surface area (Å²) in [6.07, 6.45) is 0. The first-order valence-electron chi connectivity index (χ1n) is 8.47. The Morgan fingerprint density at radius 1 is 1.42 bits per heavy atom. The number of amides is 1. The Kier molecular flexibility index (Phi) is 6.45. The molecule has 1 N–H and O–H groups in total. The van der Waals surface area contributed by atoms with Gasteiger partial charge in [0.05, 0.1) is 13.7 Å². The molecule has 6 nitrogen and oxygen atoms in total. The van der Waals surface area contributed by atoms with Gasteiger partial charge in [-0.15, -0.1) is 0 Å². The van der Waals surface area contributed by atoms with Gasteiger partial charge in [-0.05, 0) is 31.5 Å². The summed E-state index contributed by atoms with van der Waals surface area (Å²) in [5, 5.41) is 3.42. The summed E-state index contributed by atoms with van der Waals surface area (Å²) in [6.45, 7) is 7.21. The summed E-state index contributed by atoms with van der Waals surface area (Å²) < 4.78 is 11.0. The molecule has 1 aromatic carbocycles. The molecule has 1 aromatic rings. The summed E-state index contributed by atoms with van der Waals surface area (Å²) in [5.74, 6) is 1.44. The van der Waals surface area contributed by atoms with Gasteiger partial charge in [-0.1, -0.05) is 6.07 Å². The number of carbonyl (C=O) groups excluding carboxylic acids is 1. The lowest BCUT2D eigenvalue weighted by atomic mass is 10.0. The summed E-state index contributed by atoms with van der Waals surface area (Å²) in [6, 6.07) is 5.82. The SMILES string of the molecule is CCOc1ccc(C(C(=O)N(C)C)N2CCNC(C)C2)cc1OC. The van der Waals surface area contributed by atoms with Gasteiger partial charge in [0.2, 0.25) is 5.91 Å². The van der Waals surface area contributed by atoms with Crippen molar-refractivity contribution in [3.63, 3.8) is 0 Å². The van der Waals surface area contributed by atoms with E-state index in [2.05, 4.69) is 17.1 Å². The fourth-order valence-electron chi connectivity index (χ4n) is 3.08. The molecule has 1 aliphatic heterocycles. The molecule has 1 amide bonds. The third kappa shape index (κ3) is 4.19. The number of ether oxygens (including phenoxy) is 2. The van der Waals surface area contributed by atoms with Crippen molar-refractivity contribution in [2.45, 2.75) is 25.9 Å². The van der Waals surface area contributed by atoms with Crippen molar-refractivity contribution in [1.82, 2.24) is 15.1 Å². The van der Waals surface area contributed by atoms with Gasteiger partial charge in [-0.25, -0.2) is 0 Å². The zero-order valence-electron chi connectivity index (χ0n) is 15.3. The second kappa shape index (κ2) is 8.35. The number of rotatable bonds is 6. The third-order valence-corrected chi connectivity index (χ3v) is 4.24. The molecule has 134 valence electrons. The van der Waals surface area contributed by atoms with E-state index in [1.807, 2.05) is 25.1 Å². The third-order valence-electron chi connectivity index (χ3n) is 4.24. The number of carbonyl (C=O) groups is 1. The van der Waals surface area contributed by atoms with Crippen LogP contribution < -0.4 is 14.8 Å².